The van der Waals surface area contributed by atoms with Crippen molar-refractivity contribution in [3.8, 4) is 5.75 Å². The standard InChI is InChI=1S/C26H27FN2O4/c1-4-15-32-19-10-7-17(8-11-19)23-22-24(30)20-16-18(27)9-12-21(20)33-25(22)26(31)29(23)14-13-28(5-2)6-3/h4,7-12,16,23H,1,5-6,13-15H2,2-3H3. The van der Waals surface area contributed by atoms with Crippen molar-refractivity contribution in [2.45, 2.75) is 19.9 Å². The summed E-state index contributed by atoms with van der Waals surface area (Å²) in [7, 11) is 0. The van der Waals surface area contributed by atoms with Gasteiger partial charge in [-0.1, -0.05) is 38.6 Å². The number of amides is 1. The fourth-order valence-corrected chi connectivity index (χ4v) is 4.26. The van der Waals surface area contributed by atoms with E-state index < -0.39 is 11.9 Å². The van der Waals surface area contributed by atoms with Crippen LogP contribution < -0.4 is 10.2 Å². The molecule has 1 aromatic heterocycles. The van der Waals surface area contributed by atoms with Crippen molar-refractivity contribution in [1.29, 1.82) is 0 Å². The van der Waals surface area contributed by atoms with Crippen LogP contribution in [0.25, 0.3) is 11.0 Å². The fraction of sp³-hybridized carbons (Fsp3) is 0.308. The number of hydrogen-bond acceptors (Lipinski definition) is 5. The van der Waals surface area contributed by atoms with Gasteiger partial charge in [-0.3, -0.25) is 9.59 Å². The SMILES string of the molecule is C=CCOc1ccc(C2c3c(oc4ccc(F)cc4c3=O)C(=O)N2CCN(CC)CC)cc1. The summed E-state index contributed by atoms with van der Waals surface area (Å²) in [6.45, 7) is 10.9. The number of fused-ring (bicyclic) bond motifs is 2. The van der Waals surface area contributed by atoms with E-state index in [-0.39, 0.29) is 33.6 Å². The van der Waals surface area contributed by atoms with Crippen LogP contribution in [-0.4, -0.2) is 48.5 Å². The Balaban J connectivity index is 1.81. The summed E-state index contributed by atoms with van der Waals surface area (Å²) < 4.78 is 25.3. The average molecular weight is 451 g/mol. The molecule has 172 valence electrons. The number of likely N-dealkylation sites (N-methyl/N-ethyl adjacent to an activating group) is 1. The van der Waals surface area contributed by atoms with Crippen LogP contribution in [-0.2, 0) is 0 Å². The van der Waals surface area contributed by atoms with Crippen LogP contribution >= 0.6 is 0 Å². The molecule has 1 unspecified atom stereocenters. The third-order valence-corrected chi connectivity index (χ3v) is 6.04. The zero-order chi connectivity index (χ0) is 23.5. The second-order valence-corrected chi connectivity index (χ2v) is 7.91. The minimum atomic E-state index is -0.625. The molecule has 0 aliphatic carbocycles. The van der Waals surface area contributed by atoms with Gasteiger partial charge in [0.05, 0.1) is 17.0 Å². The molecule has 1 amide bonds. The van der Waals surface area contributed by atoms with Crippen molar-refractivity contribution in [2.24, 2.45) is 0 Å². The normalized spacial score (nSPS) is 15.3. The fourth-order valence-electron chi connectivity index (χ4n) is 4.26. The van der Waals surface area contributed by atoms with Crippen LogP contribution in [0.5, 0.6) is 5.75 Å². The Bertz CT molecular complexity index is 1230. The van der Waals surface area contributed by atoms with E-state index in [0.717, 1.165) is 24.7 Å². The number of benzene rings is 2. The Morgan fingerprint density at radius 3 is 2.55 bits per heavy atom. The number of carbonyl (C=O) groups is 1. The molecule has 33 heavy (non-hydrogen) atoms. The summed E-state index contributed by atoms with van der Waals surface area (Å²) in [6, 6.07) is 10.4. The van der Waals surface area contributed by atoms with Gasteiger partial charge < -0.3 is 19.0 Å². The maximum atomic E-state index is 13.9. The molecule has 0 spiro atoms. The predicted molar refractivity (Wildman–Crippen MR) is 125 cm³/mol. The molecule has 7 heteroatoms. The largest absolute Gasteiger partial charge is 0.490 e. The van der Waals surface area contributed by atoms with Gasteiger partial charge in [-0.2, -0.15) is 0 Å². The molecule has 6 nitrogen and oxygen atoms in total. The molecule has 1 aliphatic rings. The first-order chi connectivity index (χ1) is 16.0. The molecular weight excluding hydrogens is 423 g/mol. The molecule has 1 atom stereocenters. The number of ether oxygens (including phenoxy) is 1. The predicted octanol–water partition coefficient (Wildman–Crippen LogP) is 4.38. The smallest absolute Gasteiger partial charge is 0.290 e. The van der Waals surface area contributed by atoms with Gasteiger partial charge in [0.1, 0.15) is 23.8 Å². The van der Waals surface area contributed by atoms with Gasteiger partial charge >= 0.3 is 0 Å². The van der Waals surface area contributed by atoms with Gasteiger partial charge in [-0.25, -0.2) is 4.39 Å². The van der Waals surface area contributed by atoms with E-state index in [1.807, 2.05) is 12.1 Å². The molecule has 1 aliphatic heterocycles. The Morgan fingerprint density at radius 2 is 1.88 bits per heavy atom. The highest BCUT2D eigenvalue weighted by Gasteiger charge is 2.42. The summed E-state index contributed by atoms with van der Waals surface area (Å²) in [5, 5.41) is 0.128. The van der Waals surface area contributed by atoms with Crippen LogP contribution in [0.4, 0.5) is 4.39 Å². The topological polar surface area (TPSA) is 63.0 Å². The maximum absolute atomic E-state index is 13.9. The first kappa shape index (κ1) is 22.7. The molecule has 0 saturated heterocycles. The minimum absolute atomic E-state index is 0.0237. The molecule has 4 rings (SSSR count). The molecule has 2 heterocycles. The number of halogens is 1. The minimum Gasteiger partial charge on any atom is -0.490 e. The Morgan fingerprint density at radius 1 is 1.15 bits per heavy atom. The molecule has 0 saturated carbocycles. The summed E-state index contributed by atoms with van der Waals surface area (Å²) in [5.41, 5.74) is 0.820. The van der Waals surface area contributed by atoms with E-state index in [1.165, 1.54) is 12.1 Å². The van der Waals surface area contributed by atoms with Gasteiger partial charge in [-0.15, -0.1) is 0 Å². The monoisotopic (exact) mass is 450 g/mol. The van der Waals surface area contributed by atoms with Gasteiger partial charge in [-0.05, 0) is 49.0 Å². The van der Waals surface area contributed by atoms with E-state index in [4.69, 9.17) is 9.15 Å². The molecular formula is C26H27FN2O4. The zero-order valence-corrected chi connectivity index (χ0v) is 18.8. The van der Waals surface area contributed by atoms with Crippen molar-refractivity contribution in [3.05, 3.63) is 88.0 Å². The molecule has 0 bridgehead atoms. The summed E-state index contributed by atoms with van der Waals surface area (Å²) >= 11 is 0. The maximum Gasteiger partial charge on any atom is 0.290 e. The second-order valence-electron chi connectivity index (χ2n) is 7.91. The third kappa shape index (κ3) is 4.28. The van der Waals surface area contributed by atoms with Crippen LogP contribution in [0.2, 0.25) is 0 Å². The quantitative estimate of drug-likeness (QED) is 0.453. The number of hydrogen-bond donors (Lipinski definition) is 0. The zero-order valence-electron chi connectivity index (χ0n) is 18.8. The van der Waals surface area contributed by atoms with Crippen LogP contribution in [0.1, 0.15) is 41.6 Å². The van der Waals surface area contributed by atoms with Gasteiger partial charge in [0.25, 0.3) is 5.91 Å². The summed E-state index contributed by atoms with van der Waals surface area (Å²) in [6.07, 6.45) is 1.66. The Labute approximate surface area is 191 Å². The van der Waals surface area contributed by atoms with Crippen LogP contribution in [0, 0.1) is 5.82 Å². The van der Waals surface area contributed by atoms with Crippen molar-refractivity contribution in [2.75, 3.05) is 32.8 Å². The van der Waals surface area contributed by atoms with E-state index in [9.17, 15) is 14.0 Å². The highest BCUT2D eigenvalue weighted by Crippen LogP contribution is 2.38. The lowest BCUT2D eigenvalue weighted by Crippen LogP contribution is -2.37. The van der Waals surface area contributed by atoms with Gasteiger partial charge in [0, 0.05) is 13.1 Å². The first-order valence-corrected chi connectivity index (χ1v) is 11.1. The first-order valence-electron chi connectivity index (χ1n) is 11.1. The number of nitrogens with zero attached hydrogens (tertiary/aromatic N) is 2. The second kappa shape index (κ2) is 9.58. The number of rotatable bonds is 9. The van der Waals surface area contributed by atoms with Crippen LogP contribution in [0.3, 0.4) is 0 Å². The highest BCUT2D eigenvalue weighted by molar-refractivity contribution is 5.99. The molecule has 0 radical (unpaired) electrons. The number of carbonyl (C=O) groups excluding carboxylic acids is 1. The van der Waals surface area contributed by atoms with Crippen molar-refractivity contribution >= 4 is 16.9 Å². The molecule has 0 N–H and O–H groups in total. The average Bonchev–Trinajstić information content (AvgIpc) is 3.11. The highest BCUT2D eigenvalue weighted by atomic mass is 19.1. The lowest BCUT2D eigenvalue weighted by atomic mass is 9.98. The molecule has 2 aromatic carbocycles. The van der Waals surface area contributed by atoms with E-state index in [0.29, 0.717) is 25.4 Å². The Kier molecular flexibility index (Phi) is 6.60. The van der Waals surface area contributed by atoms with Crippen molar-refractivity contribution in [1.82, 2.24) is 9.80 Å². The van der Waals surface area contributed by atoms with Crippen molar-refractivity contribution in [3.63, 3.8) is 0 Å². The lowest BCUT2D eigenvalue weighted by Gasteiger charge is -2.28. The molecule has 3 aromatic rings. The van der Waals surface area contributed by atoms with Gasteiger partial charge in [0.2, 0.25) is 5.76 Å². The Hall–Kier alpha value is -3.45. The van der Waals surface area contributed by atoms with E-state index in [2.05, 4.69) is 25.3 Å². The van der Waals surface area contributed by atoms with Crippen LogP contribution in [0.15, 0.2) is 64.3 Å². The third-order valence-electron chi connectivity index (χ3n) is 6.04. The summed E-state index contributed by atoms with van der Waals surface area (Å²) in [4.78, 5) is 30.7. The van der Waals surface area contributed by atoms with E-state index >= 15 is 0 Å². The lowest BCUT2D eigenvalue weighted by molar-refractivity contribution is 0.0708. The summed E-state index contributed by atoms with van der Waals surface area (Å²) in [5.74, 6) is -0.184. The van der Waals surface area contributed by atoms with E-state index in [1.54, 1.807) is 23.1 Å². The van der Waals surface area contributed by atoms with Crippen molar-refractivity contribution < 1.29 is 18.3 Å². The van der Waals surface area contributed by atoms with Gasteiger partial charge in [0.15, 0.2) is 5.43 Å². The molecule has 0 fully saturated rings.